The monoisotopic (exact) mass is 1800 g/mol. The number of hydrogen-bond donors (Lipinski definition) is 4. The van der Waals surface area contributed by atoms with E-state index in [4.69, 9.17) is 83.3 Å². The molecule has 18 aromatic heterocycles. The van der Waals surface area contributed by atoms with E-state index >= 15 is 0 Å². The van der Waals surface area contributed by atoms with E-state index in [1.165, 1.54) is 110 Å². The van der Waals surface area contributed by atoms with Gasteiger partial charge in [-0.05, 0) is 123 Å². The van der Waals surface area contributed by atoms with Gasteiger partial charge in [0.25, 0.3) is 11.8 Å². The van der Waals surface area contributed by atoms with Gasteiger partial charge in [0.2, 0.25) is 24.1 Å². The number of fused-ring (bicyclic) bond motifs is 6. The molecule has 5 N–H and O–H groups in total. The van der Waals surface area contributed by atoms with E-state index < -0.39 is 47.2 Å². The Kier molecular flexibility index (Phi) is 23.5. The van der Waals surface area contributed by atoms with Gasteiger partial charge in [-0.3, -0.25) is 9.59 Å². The van der Waals surface area contributed by atoms with Crippen LogP contribution in [0.4, 0.5) is 13.2 Å². The van der Waals surface area contributed by atoms with Crippen LogP contribution in [0, 0.1) is 17.5 Å². The normalized spacial score (nSPS) is 13.1. The molecule has 0 spiro atoms. The summed E-state index contributed by atoms with van der Waals surface area (Å²) in [5.74, 6) is -2.82. The first-order valence-corrected chi connectivity index (χ1v) is 41.1. The molecular formula is C81H70Cl3F3N30O11. The van der Waals surface area contributed by atoms with Gasteiger partial charge in [0.15, 0.2) is 34.5 Å². The van der Waals surface area contributed by atoms with E-state index in [1.54, 1.807) is 41.5 Å². The molecule has 0 bridgehead atoms. The van der Waals surface area contributed by atoms with Crippen molar-refractivity contribution in [2.45, 2.75) is 129 Å². The number of pyridine rings is 6. The van der Waals surface area contributed by atoms with E-state index in [0.29, 0.717) is 88.3 Å². The van der Waals surface area contributed by atoms with Crippen molar-refractivity contribution < 1.29 is 65.0 Å². The summed E-state index contributed by atoms with van der Waals surface area (Å²) < 4.78 is 83.6. The SMILES string of the molecule is CCOC(=O)c1nnc(Cc2cc(C3CC3)cn3cc(Cn4cc(C(=O)NCc5ncn6ccc(Cl)c(F)c56)nn4)nc23)o1.CCOC(=O)c1nnc(Cc2cc(C3CC3)cn3cc(Cn4cc(C(=O)O)nn4)nc23)o1.NCc1ncn2ccc(Cl)c(F)c12.O=C(NCc1ncn2ccc(Cl)c(F)c12)c1cn(Cc2cn3cc(C4CC4)cc(Cc4nnco4)c3n2)nn1. The number of nitrogens with two attached hydrogens (primary N) is 1. The first kappa shape index (κ1) is 83.8. The second-order valence-electron chi connectivity index (χ2n) is 30.0. The Morgan fingerprint density at radius 3 is 1.20 bits per heavy atom. The molecule has 0 atom stereocenters. The molecular weight excluding hydrogens is 1730 g/mol. The number of nitrogens with zero attached hydrogens (tertiary/aromatic N) is 27. The Morgan fingerprint density at radius 2 is 0.844 bits per heavy atom. The number of aromatic nitrogens is 27. The topological polar surface area (TPSA) is 487 Å². The third-order valence-corrected chi connectivity index (χ3v) is 21.7. The zero-order valence-corrected chi connectivity index (χ0v) is 69.7. The third-order valence-electron chi connectivity index (χ3n) is 20.8. The molecule has 0 unspecified atom stereocenters. The number of imidazole rings is 6. The molecule has 41 nitrogen and oxygen atoms in total. The number of aromatic carboxylic acids is 1. The molecule has 3 aliphatic rings. The molecule has 2 amide bonds. The quantitative estimate of drug-likeness (QED) is 0.0348. The highest BCUT2D eigenvalue weighted by molar-refractivity contribution is 6.31. The summed E-state index contributed by atoms with van der Waals surface area (Å²) in [7, 11) is 0. The average molecular weight is 1800 g/mol. The molecule has 652 valence electrons. The van der Waals surface area contributed by atoms with Gasteiger partial charge < -0.3 is 70.6 Å². The van der Waals surface area contributed by atoms with Gasteiger partial charge in [0.05, 0.1) is 152 Å². The highest BCUT2D eigenvalue weighted by atomic mass is 35.5. The smallest absolute Gasteiger partial charge is 0.396 e. The number of carbonyl (C=O) groups is 5. The van der Waals surface area contributed by atoms with Gasteiger partial charge in [-0.2, -0.15) is 0 Å². The molecule has 3 saturated carbocycles. The van der Waals surface area contributed by atoms with Crippen LogP contribution in [-0.2, 0) is 68.0 Å². The summed E-state index contributed by atoms with van der Waals surface area (Å²) in [4.78, 5) is 86.9. The van der Waals surface area contributed by atoms with Crippen LogP contribution >= 0.6 is 34.8 Å². The van der Waals surface area contributed by atoms with Gasteiger partial charge in [0.1, 0.15) is 33.5 Å². The summed E-state index contributed by atoms with van der Waals surface area (Å²) in [6.45, 7) is 4.84. The number of halogens is 6. The van der Waals surface area contributed by atoms with Crippen LogP contribution in [0.5, 0.6) is 0 Å². The summed E-state index contributed by atoms with van der Waals surface area (Å²) in [5, 5.41) is 61.5. The van der Waals surface area contributed by atoms with E-state index in [1.807, 2.05) is 31.8 Å². The number of ether oxygens (including phenoxy) is 2. The molecule has 128 heavy (non-hydrogen) atoms. The zero-order chi connectivity index (χ0) is 88.5. The summed E-state index contributed by atoms with van der Waals surface area (Å²) in [6, 6.07) is 10.7. The minimum atomic E-state index is -1.13. The van der Waals surface area contributed by atoms with E-state index in [9.17, 15) is 37.1 Å². The zero-order valence-electron chi connectivity index (χ0n) is 67.4. The Balaban J connectivity index is 0.000000122. The second kappa shape index (κ2) is 35.9. The largest absolute Gasteiger partial charge is 0.476 e. The van der Waals surface area contributed by atoms with Gasteiger partial charge >= 0.3 is 29.7 Å². The van der Waals surface area contributed by atoms with Crippen molar-refractivity contribution in [3.8, 4) is 0 Å². The number of amides is 2. The van der Waals surface area contributed by atoms with Crippen molar-refractivity contribution in [3.63, 3.8) is 0 Å². The molecule has 3 aliphatic carbocycles. The highest BCUT2D eigenvalue weighted by Gasteiger charge is 2.31. The molecule has 0 saturated heterocycles. The lowest BCUT2D eigenvalue weighted by Gasteiger charge is -2.06. The van der Waals surface area contributed by atoms with Crippen molar-refractivity contribution in [1.82, 2.24) is 143 Å². The molecule has 0 radical (unpaired) electrons. The second-order valence-corrected chi connectivity index (χ2v) is 31.2. The number of carboxylic acid groups (broad SMARTS) is 1. The first-order chi connectivity index (χ1) is 62.1. The molecule has 0 aliphatic heterocycles. The van der Waals surface area contributed by atoms with E-state index in [2.05, 4.69) is 124 Å². The Morgan fingerprint density at radius 1 is 0.477 bits per heavy atom. The number of rotatable bonds is 27. The lowest BCUT2D eigenvalue weighted by atomic mass is 10.1. The van der Waals surface area contributed by atoms with Crippen molar-refractivity contribution in [3.05, 3.63) is 283 Å². The predicted molar refractivity (Wildman–Crippen MR) is 440 cm³/mol. The maximum absolute atomic E-state index is 14.5. The van der Waals surface area contributed by atoms with E-state index in [0.717, 1.165) is 53.7 Å². The van der Waals surface area contributed by atoms with Crippen LogP contribution in [0.3, 0.4) is 0 Å². The predicted octanol–water partition coefficient (Wildman–Crippen LogP) is 9.85. The van der Waals surface area contributed by atoms with Crippen LogP contribution < -0.4 is 16.4 Å². The van der Waals surface area contributed by atoms with Crippen LogP contribution in [0.25, 0.3) is 33.5 Å². The van der Waals surface area contributed by atoms with Gasteiger partial charge in [-0.1, -0.05) is 50.4 Å². The minimum absolute atomic E-state index is 0.00194. The van der Waals surface area contributed by atoms with Crippen LogP contribution in [0.15, 0.2) is 149 Å². The van der Waals surface area contributed by atoms with Gasteiger partial charge in [-0.15, -0.1) is 45.9 Å². The fraction of sp³-hybridized carbons (Fsp3) is 0.272. The summed E-state index contributed by atoms with van der Waals surface area (Å²) in [5.41, 5.74) is 18.1. The third kappa shape index (κ3) is 18.4. The van der Waals surface area contributed by atoms with Crippen molar-refractivity contribution >= 4 is 98.0 Å². The fourth-order valence-electron chi connectivity index (χ4n) is 14.3. The Bertz CT molecular complexity index is 7250. The van der Waals surface area contributed by atoms with Crippen LogP contribution in [0.1, 0.15) is 208 Å². The number of hydrogen-bond acceptors (Lipinski definition) is 29. The fourth-order valence-corrected chi connectivity index (χ4v) is 14.8. The molecule has 21 rings (SSSR count). The Hall–Kier alpha value is -15.1. The van der Waals surface area contributed by atoms with Gasteiger partial charge in [-0.25, -0.2) is 71.5 Å². The lowest BCUT2D eigenvalue weighted by molar-refractivity contribution is 0.0470. The van der Waals surface area contributed by atoms with Crippen LogP contribution in [-0.4, -0.2) is 180 Å². The number of nitrogens with one attached hydrogen (secondary N) is 2. The first-order valence-electron chi connectivity index (χ1n) is 40.0. The standard InChI is InChI=1S/C28H24ClFN10O4.C25H20ClFN10O2.C20H19N7O5.C8H7ClFN3/c1-2-43-28(42)27-36-35-22(44-27)8-16-7-17(15-3-4-15)10-39-11-18(33-25(16)39)12-40-13-21(34-37-40)26(41)31-9-20-24-23(30)19(29)5-6-38(24)14-32-20;26-18-3-4-35-12-29-19(23(35)22(18)27)7-28-25(38)20-11-37(34-32-20)10-17-9-36-8-16(14-1-2-14)5-15(24(36)31-17)6-21-33-30-13-39-21;1-2-31-20(30)18-24-23-16(32-18)6-12-5-13(11-3-4-11)7-26-8-14(21-17(12)26)9-27-10-15(19(28)29)22-25-27;9-5-1-2-13-4-12-6(3-11)8(13)7(5)10/h5-7,10-11,13-15H,2-4,8-9,12H2,1H3,(H,31,41);3-5,8-9,11-14H,1-2,6-7,10H2,(H,28,38);5,7-8,10-11H,2-4,6,9H2,1H3,(H,28,29);1-2,4H,3,11H2. The summed E-state index contributed by atoms with van der Waals surface area (Å²) in [6.07, 6.45) is 34.8. The number of carbonyl (C=O) groups excluding carboxylic acids is 4. The molecule has 3 fully saturated rings. The number of esters is 2. The maximum atomic E-state index is 14.5. The van der Waals surface area contributed by atoms with Crippen molar-refractivity contribution in [2.24, 2.45) is 5.73 Å². The molecule has 18 aromatic rings. The van der Waals surface area contributed by atoms with Crippen molar-refractivity contribution in [2.75, 3.05) is 13.2 Å². The Labute approximate surface area is 732 Å². The number of carboxylic acids is 1. The average Bonchev–Trinajstić information content (AvgIpc) is 1.62. The van der Waals surface area contributed by atoms with Crippen LogP contribution in [0.2, 0.25) is 15.1 Å². The van der Waals surface area contributed by atoms with E-state index in [-0.39, 0.29) is 119 Å². The minimum Gasteiger partial charge on any atom is -0.476 e. The van der Waals surface area contributed by atoms with Gasteiger partial charge in [0, 0.05) is 79.0 Å². The molecule has 0 aromatic carbocycles. The lowest BCUT2D eigenvalue weighted by Crippen LogP contribution is -2.23. The maximum Gasteiger partial charge on any atom is 0.396 e. The van der Waals surface area contributed by atoms with Crippen molar-refractivity contribution in [1.29, 1.82) is 0 Å². The highest BCUT2D eigenvalue weighted by Crippen LogP contribution is 2.43. The molecule has 18 heterocycles. The summed E-state index contributed by atoms with van der Waals surface area (Å²) >= 11 is 17.4. The molecule has 47 heteroatoms.